The highest BCUT2D eigenvalue weighted by Crippen LogP contribution is 2.47. The van der Waals surface area contributed by atoms with E-state index in [2.05, 4.69) is 27.8 Å². The Balaban J connectivity index is 1.72. The average Bonchev–Trinajstić information content (AvgIpc) is 2.95. The maximum atomic E-state index is 14.0. The summed E-state index contributed by atoms with van der Waals surface area (Å²) < 4.78 is 14.9. The standard InChI is InChI=1S/C21H22BrFN2O/c1-2-24-10-8-21(9-11-24)14-25(19-7-6-17(23)13-18(19)21)20(26)15-4-3-5-16(22)12-15/h3-7,12-13H,2,8-11,14H2,1H3. The second-order valence-corrected chi connectivity index (χ2v) is 8.19. The van der Waals surface area contributed by atoms with E-state index in [1.807, 2.05) is 29.2 Å². The number of halogens is 2. The lowest BCUT2D eigenvalue weighted by Gasteiger charge is -2.39. The molecule has 3 nitrogen and oxygen atoms in total. The van der Waals surface area contributed by atoms with Gasteiger partial charge in [-0.15, -0.1) is 0 Å². The zero-order chi connectivity index (χ0) is 18.3. The molecule has 1 fully saturated rings. The van der Waals surface area contributed by atoms with Gasteiger partial charge in [0, 0.05) is 27.7 Å². The zero-order valence-corrected chi connectivity index (χ0v) is 16.4. The minimum absolute atomic E-state index is 0.0195. The minimum Gasteiger partial charge on any atom is -0.307 e. The van der Waals surface area contributed by atoms with E-state index in [0.717, 1.165) is 48.2 Å². The fourth-order valence-corrected chi connectivity index (χ4v) is 4.72. The summed E-state index contributed by atoms with van der Waals surface area (Å²) in [4.78, 5) is 17.5. The van der Waals surface area contributed by atoms with E-state index in [1.54, 1.807) is 12.1 Å². The molecule has 0 N–H and O–H groups in total. The zero-order valence-electron chi connectivity index (χ0n) is 14.8. The van der Waals surface area contributed by atoms with Crippen LogP contribution in [0.25, 0.3) is 0 Å². The normalized spacial score (nSPS) is 19.0. The van der Waals surface area contributed by atoms with E-state index >= 15 is 0 Å². The fraction of sp³-hybridized carbons (Fsp3) is 0.381. The molecule has 1 spiro atoms. The van der Waals surface area contributed by atoms with Crippen molar-refractivity contribution in [3.63, 3.8) is 0 Å². The predicted molar refractivity (Wildman–Crippen MR) is 105 cm³/mol. The van der Waals surface area contributed by atoms with Gasteiger partial charge < -0.3 is 9.80 Å². The van der Waals surface area contributed by atoms with Crippen molar-refractivity contribution in [2.75, 3.05) is 31.1 Å². The van der Waals surface area contributed by atoms with Gasteiger partial charge in [-0.1, -0.05) is 28.9 Å². The van der Waals surface area contributed by atoms with Crippen molar-refractivity contribution in [2.24, 2.45) is 0 Å². The van der Waals surface area contributed by atoms with Gasteiger partial charge in [0.2, 0.25) is 0 Å². The highest BCUT2D eigenvalue weighted by Gasteiger charge is 2.46. The van der Waals surface area contributed by atoms with E-state index in [0.29, 0.717) is 12.1 Å². The van der Waals surface area contributed by atoms with Crippen molar-refractivity contribution in [2.45, 2.75) is 25.2 Å². The van der Waals surface area contributed by atoms with Crippen molar-refractivity contribution in [3.8, 4) is 0 Å². The molecule has 2 heterocycles. The molecule has 0 saturated carbocycles. The Bertz CT molecular complexity index is 846. The number of rotatable bonds is 2. The van der Waals surface area contributed by atoms with Crippen LogP contribution in [-0.2, 0) is 5.41 Å². The van der Waals surface area contributed by atoms with Gasteiger partial charge in [0.05, 0.1) is 0 Å². The highest BCUT2D eigenvalue weighted by molar-refractivity contribution is 9.10. The molecule has 0 radical (unpaired) electrons. The number of fused-ring (bicyclic) bond motifs is 2. The van der Waals surface area contributed by atoms with Crippen LogP contribution in [-0.4, -0.2) is 37.0 Å². The third-order valence-corrected chi connectivity index (χ3v) is 6.35. The summed E-state index contributed by atoms with van der Waals surface area (Å²) in [5, 5.41) is 0. The van der Waals surface area contributed by atoms with E-state index < -0.39 is 0 Å². The summed E-state index contributed by atoms with van der Waals surface area (Å²) in [6.07, 6.45) is 1.92. The van der Waals surface area contributed by atoms with E-state index in [9.17, 15) is 9.18 Å². The van der Waals surface area contributed by atoms with Crippen LogP contribution in [0.1, 0.15) is 35.7 Å². The molecule has 0 bridgehead atoms. The van der Waals surface area contributed by atoms with Gasteiger partial charge in [-0.2, -0.15) is 0 Å². The number of anilines is 1. The second-order valence-electron chi connectivity index (χ2n) is 7.28. The first-order valence-electron chi connectivity index (χ1n) is 9.12. The Morgan fingerprint density at radius 1 is 1.19 bits per heavy atom. The SMILES string of the molecule is CCN1CCC2(CC1)CN(C(=O)c1cccc(Br)c1)c1ccc(F)cc12. The molecular weight excluding hydrogens is 395 g/mol. The number of nitrogens with zero attached hydrogens (tertiary/aromatic N) is 2. The molecule has 4 rings (SSSR count). The Hall–Kier alpha value is -1.72. The number of hydrogen-bond donors (Lipinski definition) is 0. The molecule has 1 saturated heterocycles. The molecule has 2 aromatic rings. The summed E-state index contributed by atoms with van der Waals surface area (Å²) in [6, 6.07) is 12.3. The van der Waals surface area contributed by atoms with E-state index in [4.69, 9.17) is 0 Å². The number of benzene rings is 2. The van der Waals surface area contributed by atoms with Crippen molar-refractivity contribution in [3.05, 3.63) is 63.9 Å². The lowest BCUT2D eigenvalue weighted by molar-refractivity contribution is 0.0977. The minimum atomic E-state index is -0.224. The van der Waals surface area contributed by atoms with Crippen molar-refractivity contribution in [1.82, 2.24) is 4.90 Å². The Labute approximate surface area is 161 Å². The monoisotopic (exact) mass is 416 g/mol. The Morgan fingerprint density at radius 3 is 2.65 bits per heavy atom. The molecule has 0 aliphatic carbocycles. The molecule has 0 unspecified atom stereocenters. The summed E-state index contributed by atoms with van der Waals surface area (Å²) in [7, 11) is 0. The molecule has 5 heteroatoms. The Kier molecular flexibility index (Phi) is 4.61. The number of likely N-dealkylation sites (tertiary alicyclic amines) is 1. The lowest BCUT2D eigenvalue weighted by atomic mass is 9.74. The van der Waals surface area contributed by atoms with Gasteiger partial charge in [-0.25, -0.2) is 4.39 Å². The molecule has 0 atom stereocenters. The van der Waals surface area contributed by atoms with Crippen molar-refractivity contribution < 1.29 is 9.18 Å². The first-order valence-corrected chi connectivity index (χ1v) is 9.91. The molecule has 2 aliphatic rings. The van der Waals surface area contributed by atoms with Crippen LogP contribution in [0.15, 0.2) is 46.9 Å². The summed E-state index contributed by atoms with van der Waals surface area (Å²) in [5.41, 5.74) is 2.38. The fourth-order valence-electron chi connectivity index (χ4n) is 4.32. The van der Waals surface area contributed by atoms with Crippen LogP contribution in [0.5, 0.6) is 0 Å². The number of carbonyl (C=O) groups excluding carboxylic acids is 1. The maximum Gasteiger partial charge on any atom is 0.258 e. The molecule has 26 heavy (non-hydrogen) atoms. The van der Waals surface area contributed by atoms with Crippen LogP contribution in [0.4, 0.5) is 10.1 Å². The molecule has 1 amide bonds. The van der Waals surface area contributed by atoms with Crippen LogP contribution >= 0.6 is 15.9 Å². The predicted octanol–water partition coefficient (Wildman–Crippen LogP) is 4.60. The van der Waals surface area contributed by atoms with Crippen LogP contribution in [0.3, 0.4) is 0 Å². The van der Waals surface area contributed by atoms with Crippen LogP contribution in [0.2, 0.25) is 0 Å². The van der Waals surface area contributed by atoms with Crippen molar-refractivity contribution in [1.29, 1.82) is 0 Å². The van der Waals surface area contributed by atoms with E-state index in [1.165, 1.54) is 6.07 Å². The maximum absolute atomic E-state index is 14.0. The number of hydrogen-bond acceptors (Lipinski definition) is 2. The quantitative estimate of drug-likeness (QED) is 0.713. The van der Waals surface area contributed by atoms with Gasteiger partial charge in [0.1, 0.15) is 5.82 Å². The Morgan fingerprint density at radius 2 is 1.96 bits per heavy atom. The van der Waals surface area contributed by atoms with Gasteiger partial charge in [-0.3, -0.25) is 4.79 Å². The van der Waals surface area contributed by atoms with Gasteiger partial charge >= 0.3 is 0 Å². The topological polar surface area (TPSA) is 23.6 Å². The highest BCUT2D eigenvalue weighted by atomic mass is 79.9. The van der Waals surface area contributed by atoms with E-state index in [-0.39, 0.29) is 17.1 Å². The average molecular weight is 417 g/mol. The third kappa shape index (κ3) is 2.97. The first-order chi connectivity index (χ1) is 12.5. The van der Waals surface area contributed by atoms with Crippen LogP contribution < -0.4 is 4.90 Å². The molecule has 0 aromatic heterocycles. The largest absolute Gasteiger partial charge is 0.307 e. The molecular formula is C21H22BrFN2O. The number of carbonyl (C=O) groups is 1. The molecule has 136 valence electrons. The van der Waals surface area contributed by atoms with Crippen LogP contribution in [0, 0.1) is 5.82 Å². The van der Waals surface area contributed by atoms with Gasteiger partial charge in [0.25, 0.3) is 5.91 Å². The molecule has 2 aliphatic heterocycles. The van der Waals surface area contributed by atoms with Gasteiger partial charge in [0.15, 0.2) is 0 Å². The number of amides is 1. The summed E-state index contributed by atoms with van der Waals surface area (Å²) in [5.74, 6) is -0.244. The van der Waals surface area contributed by atoms with Crippen molar-refractivity contribution >= 4 is 27.5 Å². The molecule has 2 aromatic carbocycles. The second kappa shape index (κ2) is 6.78. The number of piperidine rings is 1. The third-order valence-electron chi connectivity index (χ3n) is 5.86. The lowest BCUT2D eigenvalue weighted by Crippen LogP contribution is -2.46. The van der Waals surface area contributed by atoms with Gasteiger partial charge in [-0.05, 0) is 74.4 Å². The summed E-state index contributed by atoms with van der Waals surface area (Å²) in [6.45, 7) is 5.82. The smallest absolute Gasteiger partial charge is 0.258 e. The summed E-state index contributed by atoms with van der Waals surface area (Å²) >= 11 is 3.44. The first kappa shape index (κ1) is 17.7.